The summed E-state index contributed by atoms with van der Waals surface area (Å²) in [4.78, 5) is 14.4. The first kappa shape index (κ1) is 17.9. The van der Waals surface area contributed by atoms with E-state index in [0.717, 1.165) is 17.5 Å². The lowest BCUT2D eigenvalue weighted by molar-refractivity contribution is -0.174. The van der Waals surface area contributed by atoms with Crippen LogP contribution in [0.2, 0.25) is 0 Å². The maximum Gasteiger partial charge on any atom is 0.410 e. The molecule has 0 bridgehead atoms. The lowest BCUT2D eigenvalue weighted by atomic mass is 9.99. The van der Waals surface area contributed by atoms with Crippen molar-refractivity contribution in [2.45, 2.75) is 44.4 Å². The van der Waals surface area contributed by atoms with E-state index in [2.05, 4.69) is 17.3 Å². The highest BCUT2D eigenvalue weighted by molar-refractivity contribution is 5.93. The minimum absolute atomic E-state index is 0.0430. The molecule has 0 aromatic carbocycles. The molecule has 1 saturated heterocycles. The predicted molar refractivity (Wildman–Crippen MR) is 91.3 cm³/mol. The van der Waals surface area contributed by atoms with Gasteiger partial charge in [0.2, 0.25) is 0 Å². The first-order valence-electron chi connectivity index (χ1n) is 9.08. The number of fused-ring (bicyclic) bond motifs is 1. The Hall–Kier alpha value is -2.45. The third-order valence-electron chi connectivity index (χ3n) is 5.37. The number of nitrogens with zero attached hydrogens (tertiary/aromatic N) is 3. The summed E-state index contributed by atoms with van der Waals surface area (Å²) in [7, 11) is 0. The maximum atomic E-state index is 13.6. The van der Waals surface area contributed by atoms with E-state index in [9.17, 15) is 18.0 Å². The third kappa shape index (κ3) is 3.42. The normalized spacial score (nSPS) is 23.8. The van der Waals surface area contributed by atoms with E-state index in [4.69, 9.17) is 4.42 Å². The number of amides is 1. The van der Waals surface area contributed by atoms with E-state index in [0.29, 0.717) is 24.8 Å². The van der Waals surface area contributed by atoms with Crippen molar-refractivity contribution in [3.8, 4) is 0 Å². The molecule has 2 aliphatic rings. The first-order chi connectivity index (χ1) is 12.8. The summed E-state index contributed by atoms with van der Waals surface area (Å²) in [5.74, 6) is 0.837. The van der Waals surface area contributed by atoms with Gasteiger partial charge in [0.1, 0.15) is 11.6 Å². The van der Waals surface area contributed by atoms with E-state index in [-0.39, 0.29) is 23.8 Å². The summed E-state index contributed by atoms with van der Waals surface area (Å²) in [6, 6.07) is 2.24. The van der Waals surface area contributed by atoms with Gasteiger partial charge in [-0.2, -0.15) is 18.3 Å². The molecule has 0 aliphatic carbocycles. The lowest BCUT2D eigenvalue weighted by Crippen LogP contribution is -2.38. The maximum absolute atomic E-state index is 13.6. The number of carbonyl (C=O) groups excluding carboxylic acids is 1. The van der Waals surface area contributed by atoms with Gasteiger partial charge < -0.3 is 14.6 Å². The van der Waals surface area contributed by atoms with Crippen molar-refractivity contribution in [2.24, 2.45) is 5.92 Å². The highest BCUT2D eigenvalue weighted by Gasteiger charge is 2.47. The number of anilines is 1. The second-order valence-electron chi connectivity index (χ2n) is 7.34. The van der Waals surface area contributed by atoms with Gasteiger partial charge in [0, 0.05) is 25.6 Å². The Balaban J connectivity index is 1.63. The molecule has 1 N–H and O–H groups in total. The van der Waals surface area contributed by atoms with E-state index in [1.165, 1.54) is 12.3 Å². The molecule has 2 atom stereocenters. The van der Waals surface area contributed by atoms with Crippen molar-refractivity contribution in [1.82, 2.24) is 14.7 Å². The van der Waals surface area contributed by atoms with E-state index >= 15 is 0 Å². The lowest BCUT2D eigenvalue weighted by Gasteiger charge is -2.32. The number of piperidine rings is 1. The van der Waals surface area contributed by atoms with Gasteiger partial charge in [0.25, 0.3) is 5.91 Å². The SMILES string of the molecule is CC1CCN(C(=O)c2cc3n(n2)[C@H](C(F)(F)F)C[C@@H](c2ccco2)N3)CC1. The number of halogens is 3. The third-order valence-corrected chi connectivity index (χ3v) is 5.37. The molecular weight excluding hydrogens is 361 g/mol. The zero-order chi connectivity index (χ0) is 19.2. The smallest absolute Gasteiger partial charge is 0.410 e. The summed E-state index contributed by atoms with van der Waals surface area (Å²) in [6.45, 7) is 3.34. The van der Waals surface area contributed by atoms with Crippen LogP contribution in [-0.2, 0) is 0 Å². The second-order valence-corrected chi connectivity index (χ2v) is 7.34. The van der Waals surface area contributed by atoms with Crippen LogP contribution in [0, 0.1) is 5.92 Å². The van der Waals surface area contributed by atoms with Gasteiger partial charge in [-0.1, -0.05) is 6.92 Å². The Bertz CT molecular complexity index is 807. The highest BCUT2D eigenvalue weighted by atomic mass is 19.4. The molecule has 146 valence electrons. The standard InChI is InChI=1S/C18H21F3N4O2/c1-11-4-6-24(7-5-11)17(26)13-10-16-22-12(14-3-2-8-27-14)9-15(18(19,20)21)25(16)23-13/h2-3,8,10-12,15,22H,4-7,9H2,1H3/t12-,15-/m0/s1. The molecule has 6 nitrogen and oxygen atoms in total. The number of aromatic nitrogens is 2. The average molecular weight is 382 g/mol. The Morgan fingerprint density at radius 2 is 2.07 bits per heavy atom. The van der Waals surface area contributed by atoms with E-state index in [1.54, 1.807) is 17.0 Å². The number of rotatable bonds is 2. The molecular formula is C18H21F3N4O2. The largest absolute Gasteiger partial charge is 0.467 e. The van der Waals surface area contributed by atoms with Crippen molar-refractivity contribution < 1.29 is 22.4 Å². The summed E-state index contributed by atoms with van der Waals surface area (Å²) in [6.07, 6.45) is -1.51. The van der Waals surface area contributed by atoms with Crippen LogP contribution >= 0.6 is 0 Å². The van der Waals surface area contributed by atoms with Crippen LogP contribution in [0.5, 0.6) is 0 Å². The number of hydrogen-bond acceptors (Lipinski definition) is 4. The molecule has 2 aromatic rings. The minimum atomic E-state index is -4.48. The molecule has 0 spiro atoms. The number of alkyl halides is 3. The Kier molecular flexibility index (Phi) is 4.39. The first-order valence-corrected chi connectivity index (χ1v) is 9.08. The zero-order valence-electron chi connectivity index (χ0n) is 14.9. The van der Waals surface area contributed by atoms with Crippen LogP contribution in [0.25, 0.3) is 0 Å². The van der Waals surface area contributed by atoms with Crippen LogP contribution in [0.4, 0.5) is 19.0 Å². The molecule has 27 heavy (non-hydrogen) atoms. The molecule has 4 rings (SSSR count). The molecule has 9 heteroatoms. The monoisotopic (exact) mass is 382 g/mol. The quantitative estimate of drug-likeness (QED) is 0.853. The zero-order valence-corrected chi connectivity index (χ0v) is 14.9. The predicted octanol–water partition coefficient (Wildman–Crippen LogP) is 4.01. The molecule has 0 radical (unpaired) electrons. The topological polar surface area (TPSA) is 63.3 Å². The number of hydrogen-bond donors (Lipinski definition) is 1. The fourth-order valence-corrected chi connectivity index (χ4v) is 3.73. The van der Waals surface area contributed by atoms with Gasteiger partial charge in [0.05, 0.1) is 12.3 Å². The molecule has 0 unspecified atom stereocenters. The Morgan fingerprint density at radius 3 is 2.70 bits per heavy atom. The van der Waals surface area contributed by atoms with Gasteiger partial charge in [-0.25, -0.2) is 4.68 Å². The number of furan rings is 1. The van der Waals surface area contributed by atoms with Crippen molar-refractivity contribution in [2.75, 3.05) is 18.4 Å². The summed E-state index contributed by atoms with van der Waals surface area (Å²) < 4.78 is 47.0. The average Bonchev–Trinajstić information content (AvgIpc) is 3.29. The molecule has 4 heterocycles. The van der Waals surface area contributed by atoms with Crippen LogP contribution < -0.4 is 5.32 Å². The molecule has 0 saturated carbocycles. The van der Waals surface area contributed by atoms with Crippen LogP contribution in [-0.4, -0.2) is 39.9 Å². The molecule has 2 aliphatic heterocycles. The van der Waals surface area contributed by atoms with Gasteiger partial charge in [-0.05, 0) is 30.9 Å². The Morgan fingerprint density at radius 1 is 1.33 bits per heavy atom. The highest BCUT2D eigenvalue weighted by Crippen LogP contribution is 2.43. The number of carbonyl (C=O) groups is 1. The van der Waals surface area contributed by atoms with Crippen LogP contribution in [0.1, 0.15) is 54.5 Å². The number of likely N-dealkylation sites (tertiary alicyclic amines) is 1. The van der Waals surface area contributed by atoms with Gasteiger partial charge >= 0.3 is 6.18 Å². The summed E-state index contributed by atoms with van der Waals surface area (Å²) in [5, 5.41) is 7.04. The van der Waals surface area contributed by atoms with Gasteiger partial charge in [-0.15, -0.1) is 0 Å². The Labute approximate surface area is 154 Å². The van der Waals surface area contributed by atoms with Crippen molar-refractivity contribution in [3.05, 3.63) is 35.9 Å². The van der Waals surface area contributed by atoms with Gasteiger partial charge in [-0.3, -0.25) is 4.79 Å². The molecule has 2 aromatic heterocycles. The van der Waals surface area contributed by atoms with Gasteiger partial charge in [0.15, 0.2) is 11.7 Å². The summed E-state index contributed by atoms with van der Waals surface area (Å²) >= 11 is 0. The van der Waals surface area contributed by atoms with E-state index < -0.39 is 18.3 Å². The van der Waals surface area contributed by atoms with Crippen LogP contribution in [0.3, 0.4) is 0 Å². The minimum Gasteiger partial charge on any atom is -0.467 e. The van der Waals surface area contributed by atoms with E-state index in [1.807, 2.05) is 0 Å². The van der Waals surface area contributed by atoms with Crippen LogP contribution in [0.15, 0.2) is 28.9 Å². The number of nitrogens with one attached hydrogen (secondary N) is 1. The molecule has 1 fully saturated rings. The summed E-state index contributed by atoms with van der Waals surface area (Å²) in [5.41, 5.74) is 0.0430. The fraction of sp³-hybridized carbons (Fsp3) is 0.556. The molecule has 1 amide bonds. The van der Waals surface area contributed by atoms with Crippen molar-refractivity contribution >= 4 is 11.7 Å². The second kappa shape index (κ2) is 6.61. The van der Waals surface area contributed by atoms with Crippen molar-refractivity contribution in [1.29, 1.82) is 0 Å². The van der Waals surface area contributed by atoms with Crippen molar-refractivity contribution in [3.63, 3.8) is 0 Å². The fourth-order valence-electron chi connectivity index (χ4n) is 3.73.